The van der Waals surface area contributed by atoms with Crippen molar-refractivity contribution < 1.29 is 18.0 Å². The lowest BCUT2D eigenvalue weighted by molar-refractivity contribution is -0.137. The summed E-state index contributed by atoms with van der Waals surface area (Å²) >= 11 is 6.46. The smallest absolute Gasteiger partial charge is 0.383 e. The summed E-state index contributed by atoms with van der Waals surface area (Å²) in [5.41, 5.74) is 6.75. The highest BCUT2D eigenvalue weighted by molar-refractivity contribution is 6.34. The Kier molecular flexibility index (Phi) is 6.58. The minimum atomic E-state index is -4.51. The van der Waals surface area contributed by atoms with Gasteiger partial charge in [-0.2, -0.15) is 13.2 Å². The van der Waals surface area contributed by atoms with Crippen molar-refractivity contribution in [2.24, 2.45) is 0 Å². The van der Waals surface area contributed by atoms with Crippen LogP contribution >= 0.6 is 11.6 Å². The zero-order valence-corrected chi connectivity index (χ0v) is 19.5. The fraction of sp³-hybridized carbons (Fsp3) is 0.208. The number of pyridine rings is 2. The van der Waals surface area contributed by atoms with Crippen LogP contribution in [0.3, 0.4) is 0 Å². The van der Waals surface area contributed by atoms with Crippen molar-refractivity contribution in [3.05, 3.63) is 88.2 Å². The molecule has 1 amide bonds. The van der Waals surface area contributed by atoms with E-state index in [4.69, 9.17) is 17.3 Å². The van der Waals surface area contributed by atoms with Crippen LogP contribution in [0.5, 0.6) is 0 Å². The highest BCUT2D eigenvalue weighted by Gasteiger charge is 2.31. The SMILES string of the molecule is Cc1cc2cc(C(=O)N(Cc3ccc(C(F)(F)F)cn3)C(C)c3ncccn3)c(Cl)cc2nc1N. The molecule has 180 valence electrons. The van der Waals surface area contributed by atoms with Crippen LogP contribution in [0, 0.1) is 6.92 Å². The summed E-state index contributed by atoms with van der Waals surface area (Å²) in [4.78, 5) is 31.8. The van der Waals surface area contributed by atoms with Crippen molar-refractivity contribution in [2.75, 3.05) is 5.73 Å². The van der Waals surface area contributed by atoms with Crippen LogP contribution in [0.4, 0.5) is 19.0 Å². The highest BCUT2D eigenvalue weighted by Crippen LogP contribution is 2.31. The van der Waals surface area contributed by atoms with Crippen molar-refractivity contribution in [1.29, 1.82) is 0 Å². The monoisotopic (exact) mass is 500 g/mol. The maximum Gasteiger partial charge on any atom is 0.417 e. The highest BCUT2D eigenvalue weighted by atomic mass is 35.5. The van der Waals surface area contributed by atoms with Gasteiger partial charge in [0.2, 0.25) is 0 Å². The first kappa shape index (κ1) is 24.3. The number of carbonyl (C=O) groups excluding carboxylic acids is 1. The second-order valence-corrected chi connectivity index (χ2v) is 8.37. The normalized spacial score (nSPS) is 12.5. The number of amides is 1. The topological polar surface area (TPSA) is 97.9 Å². The quantitative estimate of drug-likeness (QED) is 0.395. The maximum atomic E-state index is 13.7. The number of nitrogens with zero attached hydrogens (tertiary/aromatic N) is 5. The van der Waals surface area contributed by atoms with E-state index in [-0.39, 0.29) is 22.8 Å². The summed E-state index contributed by atoms with van der Waals surface area (Å²) in [7, 11) is 0. The largest absolute Gasteiger partial charge is 0.417 e. The van der Waals surface area contributed by atoms with Gasteiger partial charge in [0.05, 0.1) is 39.9 Å². The van der Waals surface area contributed by atoms with Gasteiger partial charge in [-0.3, -0.25) is 9.78 Å². The number of aromatic nitrogens is 4. The molecular weight excluding hydrogens is 481 g/mol. The molecule has 3 aromatic heterocycles. The number of halogens is 4. The molecule has 0 saturated carbocycles. The summed E-state index contributed by atoms with van der Waals surface area (Å²) in [6, 6.07) is 8.14. The van der Waals surface area contributed by atoms with E-state index in [2.05, 4.69) is 19.9 Å². The van der Waals surface area contributed by atoms with Crippen molar-refractivity contribution >= 4 is 34.2 Å². The van der Waals surface area contributed by atoms with Crippen LogP contribution < -0.4 is 5.73 Å². The van der Waals surface area contributed by atoms with Crippen LogP contribution in [0.25, 0.3) is 10.9 Å². The fourth-order valence-electron chi connectivity index (χ4n) is 3.55. The maximum absolute atomic E-state index is 13.7. The molecule has 4 aromatic rings. The molecule has 1 atom stereocenters. The molecule has 7 nitrogen and oxygen atoms in total. The Labute approximate surface area is 203 Å². The summed E-state index contributed by atoms with van der Waals surface area (Å²) in [6.45, 7) is 3.43. The average molecular weight is 501 g/mol. The lowest BCUT2D eigenvalue weighted by Crippen LogP contribution is -2.34. The number of hydrogen-bond donors (Lipinski definition) is 1. The molecule has 0 spiro atoms. The first-order valence-electron chi connectivity index (χ1n) is 10.5. The predicted molar refractivity (Wildman–Crippen MR) is 125 cm³/mol. The van der Waals surface area contributed by atoms with Gasteiger partial charge in [0, 0.05) is 24.0 Å². The molecule has 0 aliphatic carbocycles. The standard InChI is InChI=1S/C24H20ClF3N6O/c1-13-8-15-9-18(19(25)10-20(15)33-21(13)29)23(35)34(14(2)22-30-6-3-7-31-22)12-17-5-4-16(11-32-17)24(26,27)28/h3-11,14H,12H2,1-2H3,(H2,29,33). The summed E-state index contributed by atoms with van der Waals surface area (Å²) < 4.78 is 38.9. The minimum absolute atomic E-state index is 0.0935. The number of aryl methyl sites for hydroxylation is 1. The van der Waals surface area contributed by atoms with Crippen molar-refractivity contribution in [3.63, 3.8) is 0 Å². The lowest BCUT2D eigenvalue weighted by atomic mass is 10.1. The van der Waals surface area contributed by atoms with Crippen LogP contribution in [0.2, 0.25) is 5.02 Å². The first-order valence-corrected chi connectivity index (χ1v) is 10.9. The molecule has 3 heterocycles. The Balaban J connectivity index is 1.75. The van der Waals surface area contributed by atoms with E-state index in [9.17, 15) is 18.0 Å². The van der Waals surface area contributed by atoms with Crippen LogP contribution in [0.15, 0.2) is 55.0 Å². The molecule has 11 heteroatoms. The van der Waals surface area contributed by atoms with Gasteiger partial charge in [0.1, 0.15) is 11.6 Å². The third kappa shape index (κ3) is 5.17. The predicted octanol–water partition coefficient (Wildman–Crippen LogP) is 5.39. The van der Waals surface area contributed by atoms with Gasteiger partial charge in [-0.15, -0.1) is 0 Å². The summed E-state index contributed by atoms with van der Waals surface area (Å²) in [5.74, 6) is 0.250. The van der Waals surface area contributed by atoms with E-state index in [1.165, 1.54) is 11.0 Å². The second kappa shape index (κ2) is 9.46. The number of nitrogens with two attached hydrogens (primary N) is 1. The Morgan fingerprint density at radius 2 is 1.86 bits per heavy atom. The molecule has 0 fully saturated rings. The van der Waals surface area contributed by atoms with Crippen LogP contribution in [0.1, 0.15) is 46.0 Å². The molecule has 35 heavy (non-hydrogen) atoms. The third-order valence-corrected chi connectivity index (χ3v) is 5.85. The molecule has 0 radical (unpaired) electrons. The molecule has 1 unspecified atom stereocenters. The van der Waals surface area contributed by atoms with Gasteiger partial charge < -0.3 is 10.6 Å². The zero-order chi connectivity index (χ0) is 25.3. The number of alkyl halides is 3. The zero-order valence-electron chi connectivity index (χ0n) is 18.7. The first-order chi connectivity index (χ1) is 16.5. The molecular formula is C24H20ClF3N6O. The van der Waals surface area contributed by atoms with E-state index >= 15 is 0 Å². The van der Waals surface area contributed by atoms with Gasteiger partial charge in [-0.05, 0) is 55.8 Å². The lowest BCUT2D eigenvalue weighted by Gasteiger charge is -2.28. The van der Waals surface area contributed by atoms with Gasteiger partial charge in [-0.1, -0.05) is 11.6 Å². The Morgan fingerprint density at radius 3 is 2.49 bits per heavy atom. The second-order valence-electron chi connectivity index (χ2n) is 7.97. The number of nitrogen functional groups attached to an aromatic ring is 1. The van der Waals surface area contributed by atoms with E-state index in [1.54, 1.807) is 50.5 Å². The average Bonchev–Trinajstić information content (AvgIpc) is 2.83. The van der Waals surface area contributed by atoms with E-state index in [0.717, 1.165) is 17.8 Å². The minimum Gasteiger partial charge on any atom is -0.383 e. The number of rotatable bonds is 5. The molecule has 4 rings (SSSR count). The van der Waals surface area contributed by atoms with Gasteiger partial charge in [0.15, 0.2) is 0 Å². The van der Waals surface area contributed by atoms with E-state index < -0.39 is 23.7 Å². The number of hydrogen-bond acceptors (Lipinski definition) is 6. The van der Waals surface area contributed by atoms with Gasteiger partial charge in [0.25, 0.3) is 5.91 Å². The molecule has 0 aliphatic heterocycles. The van der Waals surface area contributed by atoms with Crippen LogP contribution in [-0.4, -0.2) is 30.7 Å². The van der Waals surface area contributed by atoms with E-state index in [1.807, 2.05) is 0 Å². The summed E-state index contributed by atoms with van der Waals surface area (Å²) in [6.07, 6.45) is -0.691. The van der Waals surface area contributed by atoms with Crippen molar-refractivity contribution in [1.82, 2.24) is 24.8 Å². The Hall–Kier alpha value is -3.79. The van der Waals surface area contributed by atoms with Crippen LogP contribution in [-0.2, 0) is 12.7 Å². The molecule has 2 N–H and O–H groups in total. The number of fused-ring (bicyclic) bond motifs is 1. The van der Waals surface area contributed by atoms with Crippen molar-refractivity contribution in [2.45, 2.75) is 32.6 Å². The van der Waals surface area contributed by atoms with Gasteiger partial charge in [-0.25, -0.2) is 15.0 Å². The molecule has 0 saturated heterocycles. The molecule has 1 aromatic carbocycles. The molecule has 0 bridgehead atoms. The summed E-state index contributed by atoms with van der Waals surface area (Å²) in [5, 5.41) is 0.825. The van der Waals surface area contributed by atoms with E-state index in [0.29, 0.717) is 22.5 Å². The molecule has 0 aliphatic rings. The number of carbonyl (C=O) groups is 1. The Morgan fingerprint density at radius 1 is 1.14 bits per heavy atom. The fourth-order valence-corrected chi connectivity index (χ4v) is 3.79. The van der Waals surface area contributed by atoms with Gasteiger partial charge >= 0.3 is 6.18 Å². The Bertz CT molecular complexity index is 1380. The third-order valence-electron chi connectivity index (χ3n) is 5.54. The van der Waals surface area contributed by atoms with Crippen molar-refractivity contribution in [3.8, 4) is 0 Å². The number of anilines is 1. The number of benzene rings is 1.